The van der Waals surface area contributed by atoms with Gasteiger partial charge >= 0.3 is 0 Å². The lowest BCUT2D eigenvalue weighted by molar-refractivity contribution is 0.424. The molecule has 0 aliphatic carbocycles. The zero-order valence-corrected chi connectivity index (χ0v) is 12.7. The van der Waals surface area contributed by atoms with E-state index in [1.54, 1.807) is 0 Å². The van der Waals surface area contributed by atoms with Crippen LogP contribution in [0.1, 0.15) is 5.56 Å². The molecule has 0 saturated heterocycles. The molecule has 0 unspecified atom stereocenters. The highest BCUT2D eigenvalue weighted by Gasteiger charge is 2.25. The summed E-state index contributed by atoms with van der Waals surface area (Å²) in [5, 5.41) is 0. The molecule has 0 aliphatic heterocycles. The van der Waals surface area contributed by atoms with E-state index in [-0.39, 0.29) is 23.9 Å². The zero-order valence-electron chi connectivity index (χ0n) is 11.1. The summed E-state index contributed by atoms with van der Waals surface area (Å²) in [7, 11) is -3.84. The molecule has 0 atom stereocenters. The molecule has 0 aliphatic rings. The van der Waals surface area contributed by atoms with Crippen LogP contribution < -0.4 is 0 Å². The second-order valence-corrected chi connectivity index (χ2v) is 6.67. The van der Waals surface area contributed by atoms with E-state index in [9.17, 15) is 12.8 Å². The largest absolute Gasteiger partial charge is 0.260 e. The molecule has 0 spiro atoms. The summed E-state index contributed by atoms with van der Waals surface area (Å²) in [6.45, 7) is 0.307. The summed E-state index contributed by atoms with van der Waals surface area (Å²) < 4.78 is 39.5. The molecule has 4 nitrogen and oxygen atoms in total. The van der Waals surface area contributed by atoms with E-state index in [0.717, 1.165) is 24.0 Å². The van der Waals surface area contributed by atoms with Crippen molar-refractivity contribution in [2.24, 2.45) is 0 Å². The number of aromatic nitrogens is 1. The van der Waals surface area contributed by atoms with E-state index in [4.69, 9.17) is 11.6 Å². The van der Waals surface area contributed by atoms with Gasteiger partial charge in [-0.15, -0.1) is 11.6 Å². The lowest BCUT2D eigenvalue weighted by Crippen LogP contribution is -2.32. The van der Waals surface area contributed by atoms with Gasteiger partial charge in [0.1, 0.15) is 10.7 Å². The highest BCUT2D eigenvalue weighted by atomic mass is 35.5. The quantitative estimate of drug-likeness (QED) is 0.766. The third kappa shape index (κ3) is 4.00. The molecule has 0 N–H and O–H groups in total. The van der Waals surface area contributed by atoms with E-state index in [1.165, 1.54) is 4.31 Å². The molecule has 2 aromatic rings. The van der Waals surface area contributed by atoms with Crippen molar-refractivity contribution in [3.05, 3.63) is 60.2 Å². The van der Waals surface area contributed by atoms with Gasteiger partial charge in [0.15, 0.2) is 0 Å². The molecular formula is C14H14ClFN2O2S. The Morgan fingerprint density at radius 2 is 1.90 bits per heavy atom. The first-order valence-electron chi connectivity index (χ1n) is 6.24. The van der Waals surface area contributed by atoms with Gasteiger partial charge in [0.25, 0.3) is 0 Å². The topological polar surface area (TPSA) is 50.3 Å². The van der Waals surface area contributed by atoms with Crippen LogP contribution in [0.2, 0.25) is 0 Å². The van der Waals surface area contributed by atoms with E-state index in [0.29, 0.717) is 0 Å². The normalized spacial score (nSPS) is 11.8. The number of benzene rings is 1. The third-order valence-corrected chi connectivity index (χ3v) is 4.83. The average molecular weight is 329 g/mol. The zero-order chi connectivity index (χ0) is 15.3. The summed E-state index contributed by atoms with van der Waals surface area (Å²) in [5.41, 5.74) is 0.829. The molecule has 0 fully saturated rings. The molecule has 21 heavy (non-hydrogen) atoms. The van der Waals surface area contributed by atoms with Crippen LogP contribution in [-0.2, 0) is 16.6 Å². The first kappa shape index (κ1) is 15.9. The molecule has 7 heteroatoms. The Morgan fingerprint density at radius 1 is 1.19 bits per heavy atom. The monoisotopic (exact) mass is 328 g/mol. The Labute approximate surface area is 128 Å². The van der Waals surface area contributed by atoms with Crippen molar-refractivity contribution < 1.29 is 12.8 Å². The minimum Gasteiger partial charge on any atom is -0.260 e. The van der Waals surface area contributed by atoms with Crippen molar-refractivity contribution >= 4 is 21.6 Å². The van der Waals surface area contributed by atoms with Crippen molar-refractivity contribution in [2.45, 2.75) is 11.4 Å². The van der Waals surface area contributed by atoms with Crippen LogP contribution in [0.25, 0.3) is 0 Å². The molecule has 112 valence electrons. The number of alkyl halides is 1. The Morgan fingerprint density at radius 3 is 2.52 bits per heavy atom. The Balaban J connectivity index is 2.32. The van der Waals surface area contributed by atoms with Gasteiger partial charge in [-0.1, -0.05) is 30.3 Å². The minimum absolute atomic E-state index is 0.134. The fourth-order valence-electron chi connectivity index (χ4n) is 1.85. The van der Waals surface area contributed by atoms with Gasteiger partial charge in [-0.2, -0.15) is 4.31 Å². The van der Waals surface area contributed by atoms with Gasteiger partial charge in [-0.3, -0.25) is 4.98 Å². The molecule has 0 amide bonds. The van der Waals surface area contributed by atoms with Crippen molar-refractivity contribution in [3.8, 4) is 0 Å². The second-order valence-electron chi connectivity index (χ2n) is 4.35. The lowest BCUT2D eigenvalue weighted by atomic mass is 10.2. The molecular weight excluding hydrogens is 315 g/mol. The van der Waals surface area contributed by atoms with E-state index >= 15 is 0 Å². The maximum absolute atomic E-state index is 13.2. The smallest absolute Gasteiger partial charge is 0.245 e. The van der Waals surface area contributed by atoms with Gasteiger partial charge < -0.3 is 0 Å². The summed E-state index contributed by atoms with van der Waals surface area (Å²) in [5.74, 6) is -0.545. The van der Waals surface area contributed by atoms with Crippen molar-refractivity contribution in [1.82, 2.24) is 9.29 Å². The number of pyridine rings is 1. The van der Waals surface area contributed by atoms with Gasteiger partial charge in [-0.05, 0) is 11.6 Å². The van der Waals surface area contributed by atoms with Crippen LogP contribution in [0.15, 0.2) is 53.7 Å². The van der Waals surface area contributed by atoms with E-state index < -0.39 is 15.8 Å². The molecule has 2 rings (SSSR count). The molecule has 1 heterocycles. The average Bonchev–Trinajstić information content (AvgIpc) is 2.48. The summed E-state index contributed by atoms with van der Waals surface area (Å²) in [6, 6.07) is 10.1. The molecule has 0 bridgehead atoms. The second kappa shape index (κ2) is 6.98. The number of rotatable bonds is 6. The fourth-order valence-corrected chi connectivity index (χ4v) is 3.56. The third-order valence-electron chi connectivity index (χ3n) is 2.85. The predicted octanol–water partition coefficient (Wildman–Crippen LogP) is 2.65. The summed E-state index contributed by atoms with van der Waals surface area (Å²) >= 11 is 5.69. The lowest BCUT2D eigenvalue weighted by Gasteiger charge is -2.21. The Bertz CT molecular complexity index is 695. The number of hydrogen-bond acceptors (Lipinski definition) is 3. The van der Waals surface area contributed by atoms with Crippen LogP contribution in [0.4, 0.5) is 4.39 Å². The maximum Gasteiger partial charge on any atom is 0.245 e. The van der Waals surface area contributed by atoms with E-state index in [1.807, 2.05) is 30.3 Å². The van der Waals surface area contributed by atoms with Gasteiger partial charge in [0.2, 0.25) is 10.0 Å². The van der Waals surface area contributed by atoms with Gasteiger partial charge in [-0.25, -0.2) is 12.8 Å². The fraction of sp³-hybridized carbons (Fsp3) is 0.214. The van der Waals surface area contributed by atoms with Crippen LogP contribution in [0, 0.1) is 5.82 Å². The standard InChI is InChI=1S/C14H14ClFN2O2S/c15-6-7-18(11-12-4-2-1-3-5-12)21(19,20)14-8-13(16)9-17-10-14/h1-5,8-10H,6-7,11H2. The van der Waals surface area contributed by atoms with Crippen LogP contribution >= 0.6 is 11.6 Å². The summed E-state index contributed by atoms with van der Waals surface area (Å²) in [6.07, 6.45) is 2.09. The molecule has 0 radical (unpaired) electrons. The number of sulfonamides is 1. The Hall–Kier alpha value is -1.50. The summed E-state index contributed by atoms with van der Waals surface area (Å²) in [4.78, 5) is 3.41. The first-order valence-corrected chi connectivity index (χ1v) is 8.22. The first-order chi connectivity index (χ1) is 10.0. The number of nitrogens with zero attached hydrogens (tertiary/aromatic N) is 2. The predicted molar refractivity (Wildman–Crippen MR) is 79.0 cm³/mol. The molecule has 0 saturated carbocycles. The maximum atomic E-state index is 13.2. The minimum atomic E-state index is -3.84. The van der Waals surface area contributed by atoms with Crippen molar-refractivity contribution in [1.29, 1.82) is 0 Å². The Kier molecular flexibility index (Phi) is 5.27. The van der Waals surface area contributed by atoms with Crippen molar-refractivity contribution in [2.75, 3.05) is 12.4 Å². The van der Waals surface area contributed by atoms with Crippen LogP contribution in [0.3, 0.4) is 0 Å². The van der Waals surface area contributed by atoms with Gasteiger partial charge in [0.05, 0.1) is 6.20 Å². The molecule has 1 aromatic carbocycles. The highest BCUT2D eigenvalue weighted by Crippen LogP contribution is 2.18. The number of halogens is 2. The number of hydrogen-bond donors (Lipinski definition) is 0. The van der Waals surface area contributed by atoms with E-state index in [2.05, 4.69) is 4.98 Å². The SMILES string of the molecule is O=S(=O)(c1cncc(F)c1)N(CCCl)Cc1ccccc1. The van der Waals surface area contributed by atoms with Crippen LogP contribution in [-0.4, -0.2) is 30.1 Å². The van der Waals surface area contributed by atoms with Gasteiger partial charge in [0, 0.05) is 25.2 Å². The highest BCUT2D eigenvalue weighted by molar-refractivity contribution is 7.89. The molecule has 1 aromatic heterocycles. The van der Waals surface area contributed by atoms with Crippen LogP contribution in [0.5, 0.6) is 0 Å². The van der Waals surface area contributed by atoms with Crippen molar-refractivity contribution in [3.63, 3.8) is 0 Å².